The van der Waals surface area contributed by atoms with Gasteiger partial charge in [-0.15, -0.1) is 0 Å². The standard InChI is InChI=1S/C9H18O/c1-4-5-6-7-8-9(2)10-3/h8H,4-7H2,1-3H3. The number of allylic oxidation sites excluding steroid dienone is 2. The first-order chi connectivity index (χ1) is 4.81. The number of methoxy groups -OCH3 is 1. The molecule has 10 heavy (non-hydrogen) atoms. The minimum absolute atomic E-state index is 1.04. The Labute approximate surface area is 64.1 Å². The molecule has 60 valence electrons. The molecule has 0 spiro atoms. The average Bonchev–Trinajstić information content (AvgIpc) is 1.98. The largest absolute Gasteiger partial charge is 0.502 e. The smallest absolute Gasteiger partial charge is 0.0884 e. The molecule has 0 N–H and O–H groups in total. The molecule has 0 fully saturated rings. The second kappa shape index (κ2) is 6.66. The van der Waals surface area contributed by atoms with Gasteiger partial charge in [-0.3, -0.25) is 0 Å². The highest BCUT2D eigenvalue weighted by molar-refractivity contribution is 4.87. The second-order valence-electron chi connectivity index (χ2n) is 2.51. The fraction of sp³-hybridized carbons (Fsp3) is 0.778. The summed E-state index contributed by atoms with van der Waals surface area (Å²) in [6.07, 6.45) is 7.22. The van der Waals surface area contributed by atoms with Gasteiger partial charge in [0.05, 0.1) is 12.9 Å². The Morgan fingerprint density at radius 2 is 2.10 bits per heavy atom. The quantitative estimate of drug-likeness (QED) is 0.423. The van der Waals surface area contributed by atoms with Crippen molar-refractivity contribution in [3.63, 3.8) is 0 Å². The van der Waals surface area contributed by atoms with Crippen molar-refractivity contribution in [2.75, 3.05) is 7.11 Å². The van der Waals surface area contributed by atoms with Crippen LogP contribution in [0, 0.1) is 0 Å². The molecule has 0 aromatic carbocycles. The number of unbranched alkanes of at least 4 members (excludes halogenated alkanes) is 3. The maximum atomic E-state index is 4.99. The predicted octanol–water partition coefficient (Wildman–Crippen LogP) is 3.12. The topological polar surface area (TPSA) is 9.23 Å². The number of rotatable bonds is 5. The summed E-state index contributed by atoms with van der Waals surface area (Å²) in [5.74, 6) is 1.04. The van der Waals surface area contributed by atoms with Crippen LogP contribution in [-0.4, -0.2) is 7.11 Å². The summed E-state index contributed by atoms with van der Waals surface area (Å²) in [6, 6.07) is 0. The Kier molecular flexibility index (Phi) is 6.35. The van der Waals surface area contributed by atoms with Crippen LogP contribution in [0.15, 0.2) is 11.8 Å². The Balaban J connectivity index is 3.16. The maximum absolute atomic E-state index is 4.99. The third-order valence-corrected chi connectivity index (χ3v) is 1.56. The molecule has 1 heteroatoms. The van der Waals surface area contributed by atoms with E-state index in [1.54, 1.807) is 7.11 Å². The summed E-state index contributed by atoms with van der Waals surface area (Å²) in [5, 5.41) is 0. The van der Waals surface area contributed by atoms with Crippen LogP contribution in [0.1, 0.15) is 39.5 Å². The lowest BCUT2D eigenvalue weighted by Gasteiger charge is -1.97. The Morgan fingerprint density at radius 1 is 1.40 bits per heavy atom. The van der Waals surface area contributed by atoms with Crippen LogP contribution >= 0.6 is 0 Å². The van der Waals surface area contributed by atoms with Gasteiger partial charge in [-0.2, -0.15) is 0 Å². The Hall–Kier alpha value is -0.460. The Morgan fingerprint density at radius 3 is 2.60 bits per heavy atom. The monoisotopic (exact) mass is 142 g/mol. The minimum Gasteiger partial charge on any atom is -0.502 e. The number of hydrogen-bond donors (Lipinski definition) is 0. The summed E-state index contributed by atoms with van der Waals surface area (Å²) >= 11 is 0. The van der Waals surface area contributed by atoms with Gasteiger partial charge >= 0.3 is 0 Å². The molecular formula is C9H18O. The molecule has 0 atom stereocenters. The molecule has 0 aliphatic rings. The van der Waals surface area contributed by atoms with Gasteiger partial charge in [-0.25, -0.2) is 0 Å². The van der Waals surface area contributed by atoms with Crippen molar-refractivity contribution >= 4 is 0 Å². The highest BCUT2D eigenvalue weighted by Crippen LogP contribution is 2.02. The second-order valence-corrected chi connectivity index (χ2v) is 2.51. The normalized spacial score (nSPS) is 11.7. The van der Waals surface area contributed by atoms with Gasteiger partial charge in [-0.05, 0) is 25.8 Å². The van der Waals surface area contributed by atoms with Gasteiger partial charge < -0.3 is 4.74 Å². The van der Waals surface area contributed by atoms with Crippen molar-refractivity contribution in [3.05, 3.63) is 11.8 Å². The van der Waals surface area contributed by atoms with Crippen molar-refractivity contribution in [3.8, 4) is 0 Å². The van der Waals surface area contributed by atoms with Gasteiger partial charge in [-0.1, -0.05) is 19.8 Å². The van der Waals surface area contributed by atoms with Gasteiger partial charge in [0.1, 0.15) is 0 Å². The molecule has 0 aliphatic carbocycles. The summed E-state index contributed by atoms with van der Waals surface area (Å²) in [7, 11) is 1.71. The molecule has 0 aliphatic heterocycles. The molecule has 0 heterocycles. The molecule has 0 rings (SSSR count). The molecule has 0 radical (unpaired) electrons. The molecule has 0 aromatic heterocycles. The Bertz CT molecular complexity index is 94.9. The lowest BCUT2D eigenvalue weighted by Crippen LogP contribution is -1.79. The first kappa shape index (κ1) is 9.54. The number of hydrogen-bond acceptors (Lipinski definition) is 1. The van der Waals surface area contributed by atoms with E-state index in [4.69, 9.17) is 4.74 Å². The lowest BCUT2D eigenvalue weighted by atomic mass is 10.2. The van der Waals surface area contributed by atoms with Crippen LogP contribution < -0.4 is 0 Å². The van der Waals surface area contributed by atoms with Gasteiger partial charge in [0.2, 0.25) is 0 Å². The molecule has 1 nitrogen and oxygen atoms in total. The summed E-state index contributed by atoms with van der Waals surface area (Å²) in [6.45, 7) is 4.21. The van der Waals surface area contributed by atoms with Crippen LogP contribution in [0.4, 0.5) is 0 Å². The van der Waals surface area contributed by atoms with Gasteiger partial charge in [0.15, 0.2) is 0 Å². The van der Waals surface area contributed by atoms with Crippen molar-refractivity contribution < 1.29 is 4.74 Å². The van der Waals surface area contributed by atoms with Crippen molar-refractivity contribution in [1.82, 2.24) is 0 Å². The van der Waals surface area contributed by atoms with Crippen LogP contribution in [0.2, 0.25) is 0 Å². The van der Waals surface area contributed by atoms with Crippen LogP contribution in [0.5, 0.6) is 0 Å². The van der Waals surface area contributed by atoms with E-state index in [9.17, 15) is 0 Å². The van der Waals surface area contributed by atoms with Crippen LogP contribution in [0.3, 0.4) is 0 Å². The third-order valence-electron chi connectivity index (χ3n) is 1.56. The zero-order valence-corrected chi connectivity index (χ0v) is 7.31. The summed E-state index contributed by atoms with van der Waals surface area (Å²) < 4.78 is 4.99. The lowest BCUT2D eigenvalue weighted by molar-refractivity contribution is 0.291. The molecule has 0 bridgehead atoms. The van der Waals surface area contributed by atoms with E-state index in [2.05, 4.69) is 13.0 Å². The average molecular weight is 142 g/mol. The van der Waals surface area contributed by atoms with E-state index >= 15 is 0 Å². The van der Waals surface area contributed by atoms with Crippen LogP contribution in [-0.2, 0) is 4.74 Å². The maximum Gasteiger partial charge on any atom is 0.0884 e. The zero-order valence-electron chi connectivity index (χ0n) is 7.31. The zero-order chi connectivity index (χ0) is 7.82. The van der Waals surface area contributed by atoms with E-state index in [-0.39, 0.29) is 0 Å². The molecule has 0 saturated carbocycles. The molecule has 0 aromatic rings. The van der Waals surface area contributed by atoms with E-state index < -0.39 is 0 Å². The molecule has 0 unspecified atom stereocenters. The van der Waals surface area contributed by atoms with Crippen molar-refractivity contribution in [2.45, 2.75) is 39.5 Å². The highest BCUT2D eigenvalue weighted by atomic mass is 16.5. The van der Waals surface area contributed by atoms with E-state index in [0.717, 1.165) is 12.2 Å². The molecular weight excluding hydrogens is 124 g/mol. The first-order valence-corrected chi connectivity index (χ1v) is 4.02. The van der Waals surface area contributed by atoms with Gasteiger partial charge in [0.25, 0.3) is 0 Å². The van der Waals surface area contributed by atoms with E-state index in [0.29, 0.717) is 0 Å². The fourth-order valence-electron chi connectivity index (χ4n) is 0.783. The van der Waals surface area contributed by atoms with E-state index in [1.807, 2.05) is 6.92 Å². The predicted molar refractivity (Wildman–Crippen MR) is 44.9 cm³/mol. The number of ether oxygens (including phenoxy) is 1. The van der Waals surface area contributed by atoms with Crippen molar-refractivity contribution in [1.29, 1.82) is 0 Å². The molecule has 0 amide bonds. The SMILES string of the molecule is CCCCCC=C(C)OC. The van der Waals surface area contributed by atoms with Gasteiger partial charge in [0, 0.05) is 0 Å². The van der Waals surface area contributed by atoms with E-state index in [1.165, 1.54) is 19.3 Å². The highest BCUT2D eigenvalue weighted by Gasteiger charge is 1.85. The molecule has 0 saturated heterocycles. The summed E-state index contributed by atoms with van der Waals surface area (Å²) in [4.78, 5) is 0. The van der Waals surface area contributed by atoms with Crippen molar-refractivity contribution in [2.24, 2.45) is 0 Å². The summed E-state index contributed by atoms with van der Waals surface area (Å²) in [5.41, 5.74) is 0. The minimum atomic E-state index is 1.04. The third kappa shape index (κ3) is 5.67. The van der Waals surface area contributed by atoms with Crippen LogP contribution in [0.25, 0.3) is 0 Å². The first-order valence-electron chi connectivity index (χ1n) is 4.02. The fourth-order valence-corrected chi connectivity index (χ4v) is 0.783.